The van der Waals surface area contributed by atoms with E-state index in [1.165, 1.54) is 142 Å². The summed E-state index contributed by atoms with van der Waals surface area (Å²) in [5.74, 6) is 1.05. The van der Waals surface area contributed by atoms with Crippen LogP contribution in [0.3, 0.4) is 0 Å². The van der Waals surface area contributed by atoms with Gasteiger partial charge in [0.05, 0.1) is 19.6 Å². The van der Waals surface area contributed by atoms with Gasteiger partial charge in [0.2, 0.25) is 0 Å². The van der Waals surface area contributed by atoms with E-state index in [1.807, 2.05) is 4.90 Å². The Hall–Kier alpha value is 0.250. The van der Waals surface area contributed by atoms with Crippen molar-refractivity contribution in [2.24, 2.45) is 5.92 Å². The normalized spacial score (nSPS) is 19.8. The van der Waals surface area contributed by atoms with Gasteiger partial charge < -0.3 is 17.3 Å². The monoisotopic (exact) mass is 401 g/mol. The van der Waals surface area contributed by atoms with E-state index in [0.29, 0.717) is 0 Å². The van der Waals surface area contributed by atoms with Gasteiger partial charge in [0.25, 0.3) is 0 Å². The smallest absolute Gasteiger partial charge is 0.0799 e. The summed E-state index contributed by atoms with van der Waals surface area (Å²) in [4.78, 5) is 1.94. The number of quaternary nitrogens is 1. The number of rotatable bonds is 18. The van der Waals surface area contributed by atoms with Crippen LogP contribution in [0.15, 0.2) is 0 Å². The predicted octanol–water partition coefficient (Wildman–Crippen LogP) is 3.96. The second-order valence-corrected chi connectivity index (χ2v) is 9.20. The molecule has 0 aromatic heterocycles. The highest BCUT2D eigenvalue weighted by Gasteiger charge is 2.22. The maximum atomic E-state index is 2.31. The van der Waals surface area contributed by atoms with Gasteiger partial charge in [0, 0.05) is 5.92 Å². The lowest BCUT2D eigenvalue weighted by molar-refractivity contribution is -0.909. The third-order valence-electron chi connectivity index (χ3n) is 6.57. The van der Waals surface area contributed by atoms with Crippen LogP contribution in [0.4, 0.5) is 0 Å². The van der Waals surface area contributed by atoms with Gasteiger partial charge in [-0.2, -0.15) is 0 Å². The molecule has 1 aliphatic heterocycles. The number of hydrogen-bond donors (Lipinski definition) is 1. The van der Waals surface area contributed by atoms with E-state index < -0.39 is 0 Å². The van der Waals surface area contributed by atoms with Crippen LogP contribution >= 0.6 is 0 Å². The molecule has 0 saturated carbocycles. The standard InChI is InChI=1S/C25H51N.ClH/c1-3-5-7-9-11-13-15-17-20-25-21-19-23-26(24-25)22-18-16-14-12-10-8-6-4-2;/h25H,3-24H2,1-2H3;1H. The lowest BCUT2D eigenvalue weighted by Gasteiger charge is -2.30. The fourth-order valence-electron chi connectivity index (χ4n) is 4.80. The molecule has 2 unspecified atom stereocenters. The molecule has 1 aliphatic rings. The van der Waals surface area contributed by atoms with Gasteiger partial charge in [0.15, 0.2) is 0 Å². The van der Waals surface area contributed by atoms with Crippen LogP contribution in [0.5, 0.6) is 0 Å². The van der Waals surface area contributed by atoms with Crippen LogP contribution in [-0.2, 0) is 0 Å². The number of piperidine rings is 1. The van der Waals surface area contributed by atoms with Crippen molar-refractivity contribution < 1.29 is 17.3 Å². The summed E-state index contributed by atoms with van der Waals surface area (Å²) in [7, 11) is 0. The van der Waals surface area contributed by atoms with E-state index >= 15 is 0 Å². The molecule has 0 bridgehead atoms. The number of likely N-dealkylation sites (tertiary alicyclic amines) is 1. The molecule has 1 N–H and O–H groups in total. The Morgan fingerprint density at radius 1 is 0.630 bits per heavy atom. The highest BCUT2D eigenvalue weighted by Crippen LogP contribution is 2.17. The summed E-state index contributed by atoms with van der Waals surface area (Å²) in [6.45, 7) is 9.04. The summed E-state index contributed by atoms with van der Waals surface area (Å²) in [5, 5.41) is 0. The number of hydrogen-bond acceptors (Lipinski definition) is 0. The second-order valence-electron chi connectivity index (χ2n) is 9.20. The van der Waals surface area contributed by atoms with Crippen molar-refractivity contribution in [3.8, 4) is 0 Å². The first-order valence-electron chi connectivity index (χ1n) is 12.7. The zero-order valence-electron chi connectivity index (χ0n) is 19.0. The largest absolute Gasteiger partial charge is 1.00 e. The minimum atomic E-state index is 0. The SMILES string of the molecule is CCCCCCCCCCC1CCC[NH+](CCCCCCCCCC)C1.[Cl-]. The Bertz CT molecular complexity index is 255. The fraction of sp³-hybridized carbons (Fsp3) is 1.00. The highest BCUT2D eigenvalue weighted by molar-refractivity contribution is 4.62. The Balaban J connectivity index is 0.00000676. The predicted molar refractivity (Wildman–Crippen MR) is 118 cm³/mol. The molecular weight excluding hydrogens is 350 g/mol. The highest BCUT2D eigenvalue weighted by atomic mass is 35.5. The second kappa shape index (κ2) is 21.0. The van der Waals surface area contributed by atoms with Crippen LogP contribution < -0.4 is 17.3 Å². The molecule has 2 heteroatoms. The topological polar surface area (TPSA) is 4.44 Å². The molecule has 1 nitrogen and oxygen atoms in total. The Morgan fingerprint density at radius 2 is 1.11 bits per heavy atom. The van der Waals surface area contributed by atoms with Crippen molar-refractivity contribution in [2.75, 3.05) is 19.6 Å². The van der Waals surface area contributed by atoms with Crippen molar-refractivity contribution in [1.82, 2.24) is 0 Å². The molecule has 1 heterocycles. The fourth-order valence-corrected chi connectivity index (χ4v) is 4.80. The van der Waals surface area contributed by atoms with Gasteiger partial charge in [-0.15, -0.1) is 0 Å². The van der Waals surface area contributed by atoms with Crippen molar-refractivity contribution >= 4 is 0 Å². The summed E-state index contributed by atoms with van der Waals surface area (Å²) in [5.41, 5.74) is 0. The summed E-state index contributed by atoms with van der Waals surface area (Å²) < 4.78 is 0. The number of halogens is 1. The molecule has 1 rings (SSSR count). The molecule has 1 saturated heterocycles. The van der Waals surface area contributed by atoms with Crippen molar-refractivity contribution in [2.45, 2.75) is 136 Å². The lowest BCUT2D eigenvalue weighted by atomic mass is 9.92. The van der Waals surface area contributed by atoms with Crippen LogP contribution in [-0.4, -0.2) is 19.6 Å². The third kappa shape index (κ3) is 16.9. The molecule has 1 fully saturated rings. The molecule has 0 radical (unpaired) electrons. The Morgan fingerprint density at radius 3 is 1.67 bits per heavy atom. The first-order valence-corrected chi connectivity index (χ1v) is 12.7. The van der Waals surface area contributed by atoms with Gasteiger partial charge in [-0.3, -0.25) is 0 Å². The Labute approximate surface area is 178 Å². The zero-order chi connectivity index (χ0) is 18.7. The molecule has 0 aliphatic carbocycles. The van der Waals surface area contributed by atoms with Crippen LogP contribution in [0, 0.1) is 5.92 Å². The van der Waals surface area contributed by atoms with Crippen molar-refractivity contribution in [1.29, 1.82) is 0 Å². The van der Waals surface area contributed by atoms with E-state index in [0.717, 1.165) is 5.92 Å². The molecule has 27 heavy (non-hydrogen) atoms. The van der Waals surface area contributed by atoms with Crippen LogP contribution in [0.25, 0.3) is 0 Å². The zero-order valence-corrected chi connectivity index (χ0v) is 19.8. The van der Waals surface area contributed by atoms with Gasteiger partial charge in [-0.1, -0.05) is 104 Å². The van der Waals surface area contributed by atoms with Gasteiger partial charge in [-0.25, -0.2) is 0 Å². The minimum absolute atomic E-state index is 0. The molecule has 2 atom stereocenters. The van der Waals surface area contributed by atoms with Gasteiger partial charge in [-0.05, 0) is 32.1 Å². The third-order valence-corrected chi connectivity index (χ3v) is 6.57. The van der Waals surface area contributed by atoms with E-state index in [1.54, 1.807) is 0 Å². The average Bonchev–Trinajstić information content (AvgIpc) is 2.66. The summed E-state index contributed by atoms with van der Waals surface area (Å²) >= 11 is 0. The molecule has 0 amide bonds. The van der Waals surface area contributed by atoms with Gasteiger partial charge >= 0.3 is 0 Å². The van der Waals surface area contributed by atoms with Crippen LogP contribution in [0.2, 0.25) is 0 Å². The molecule has 0 aromatic rings. The molecule has 0 spiro atoms. The maximum Gasteiger partial charge on any atom is 0.0799 e. The van der Waals surface area contributed by atoms with E-state index in [4.69, 9.17) is 0 Å². The lowest BCUT2D eigenvalue weighted by Crippen LogP contribution is -3.13. The minimum Gasteiger partial charge on any atom is -1.00 e. The van der Waals surface area contributed by atoms with E-state index in [-0.39, 0.29) is 12.4 Å². The maximum absolute atomic E-state index is 2.31. The number of unbranched alkanes of at least 4 members (excludes halogenated alkanes) is 14. The van der Waals surface area contributed by atoms with Crippen molar-refractivity contribution in [3.63, 3.8) is 0 Å². The molecule has 0 aromatic carbocycles. The molecular formula is C25H52ClN. The van der Waals surface area contributed by atoms with Crippen LogP contribution in [0.1, 0.15) is 136 Å². The number of nitrogens with one attached hydrogen (secondary N) is 1. The summed E-state index contributed by atoms with van der Waals surface area (Å²) in [6.07, 6.45) is 28.0. The van der Waals surface area contributed by atoms with Crippen molar-refractivity contribution in [3.05, 3.63) is 0 Å². The first-order chi connectivity index (χ1) is 12.9. The van der Waals surface area contributed by atoms with E-state index in [9.17, 15) is 0 Å². The molecule has 164 valence electrons. The average molecular weight is 402 g/mol. The summed E-state index contributed by atoms with van der Waals surface area (Å²) in [6, 6.07) is 0. The first kappa shape index (κ1) is 27.2. The quantitative estimate of drug-likeness (QED) is 0.331. The Kier molecular flexibility index (Phi) is 21.2. The van der Waals surface area contributed by atoms with E-state index in [2.05, 4.69) is 13.8 Å². The van der Waals surface area contributed by atoms with Gasteiger partial charge in [0.1, 0.15) is 0 Å².